The number of aryl methyl sites for hydroxylation is 2. The van der Waals surface area contributed by atoms with E-state index in [0.29, 0.717) is 0 Å². The average Bonchev–Trinajstić information content (AvgIpc) is 2.93. The monoisotopic (exact) mass is 274 g/mol. The number of hydrogen-bond donors (Lipinski definition) is 1. The van der Waals surface area contributed by atoms with Crippen LogP contribution in [-0.4, -0.2) is 4.98 Å². The van der Waals surface area contributed by atoms with Crippen molar-refractivity contribution in [2.24, 2.45) is 0 Å². The van der Waals surface area contributed by atoms with Gasteiger partial charge in [-0.15, -0.1) is 22.7 Å². The number of nitrogen functional groups attached to an aromatic ring is 1. The molecular formula is C14H14N2S2. The Morgan fingerprint density at radius 1 is 1.28 bits per heavy atom. The molecule has 0 amide bonds. The number of benzene rings is 1. The van der Waals surface area contributed by atoms with E-state index >= 15 is 0 Å². The van der Waals surface area contributed by atoms with Crippen LogP contribution in [0, 0.1) is 6.92 Å². The van der Waals surface area contributed by atoms with E-state index in [-0.39, 0.29) is 0 Å². The van der Waals surface area contributed by atoms with E-state index in [0.717, 1.165) is 27.5 Å². The molecule has 0 aliphatic rings. The summed E-state index contributed by atoms with van der Waals surface area (Å²) in [4.78, 5) is 6.05. The number of thiazole rings is 1. The lowest BCUT2D eigenvalue weighted by molar-refractivity contribution is 1.19. The average molecular weight is 274 g/mol. The van der Waals surface area contributed by atoms with E-state index in [1.807, 2.05) is 0 Å². The summed E-state index contributed by atoms with van der Waals surface area (Å²) in [6.07, 6.45) is 1.03. The standard InChI is InChI=1S/C14H14N2S2/c1-3-9-7-10(13(15)17-9)14-16-12-8(2)5-4-6-11(12)18-14/h4-7H,3,15H2,1-2H3. The largest absolute Gasteiger partial charge is 0.390 e. The van der Waals surface area contributed by atoms with Crippen molar-refractivity contribution in [3.8, 4) is 10.6 Å². The van der Waals surface area contributed by atoms with Crippen LogP contribution in [-0.2, 0) is 6.42 Å². The number of hydrogen-bond acceptors (Lipinski definition) is 4. The molecule has 0 spiro atoms. The highest BCUT2D eigenvalue weighted by atomic mass is 32.1. The third-order valence-electron chi connectivity index (χ3n) is 3.01. The first kappa shape index (κ1) is 11.7. The molecule has 0 radical (unpaired) electrons. The molecule has 3 aromatic rings. The van der Waals surface area contributed by atoms with Crippen LogP contribution < -0.4 is 5.73 Å². The number of aromatic nitrogens is 1. The van der Waals surface area contributed by atoms with Gasteiger partial charge in [-0.05, 0) is 31.0 Å². The first-order valence-electron chi connectivity index (χ1n) is 5.93. The van der Waals surface area contributed by atoms with Gasteiger partial charge in [0, 0.05) is 10.4 Å². The van der Waals surface area contributed by atoms with E-state index < -0.39 is 0 Å². The Morgan fingerprint density at radius 2 is 2.11 bits per heavy atom. The zero-order valence-electron chi connectivity index (χ0n) is 10.4. The number of nitrogens with two attached hydrogens (primary N) is 1. The van der Waals surface area contributed by atoms with Crippen molar-refractivity contribution in [2.75, 3.05) is 5.73 Å². The molecule has 0 atom stereocenters. The molecule has 0 bridgehead atoms. The summed E-state index contributed by atoms with van der Waals surface area (Å²) < 4.78 is 1.23. The molecule has 2 N–H and O–H groups in total. The molecule has 0 aliphatic heterocycles. The minimum absolute atomic E-state index is 0.878. The van der Waals surface area contributed by atoms with Crippen LogP contribution in [0.1, 0.15) is 17.4 Å². The van der Waals surface area contributed by atoms with E-state index in [2.05, 4.69) is 38.1 Å². The second-order valence-electron chi connectivity index (χ2n) is 4.28. The topological polar surface area (TPSA) is 38.9 Å². The minimum Gasteiger partial charge on any atom is -0.390 e. The normalized spacial score (nSPS) is 11.2. The lowest BCUT2D eigenvalue weighted by Crippen LogP contribution is -1.82. The first-order chi connectivity index (χ1) is 8.69. The van der Waals surface area contributed by atoms with Crippen LogP contribution in [0.4, 0.5) is 5.00 Å². The van der Waals surface area contributed by atoms with Crippen LogP contribution in [0.2, 0.25) is 0 Å². The van der Waals surface area contributed by atoms with Gasteiger partial charge in [0.1, 0.15) is 5.01 Å². The molecule has 2 nitrogen and oxygen atoms in total. The Morgan fingerprint density at radius 3 is 2.78 bits per heavy atom. The Balaban J connectivity index is 2.19. The fourth-order valence-electron chi connectivity index (χ4n) is 2.00. The molecule has 1 aromatic carbocycles. The van der Waals surface area contributed by atoms with Crippen molar-refractivity contribution in [2.45, 2.75) is 20.3 Å². The Bertz CT molecular complexity index is 710. The van der Waals surface area contributed by atoms with Gasteiger partial charge >= 0.3 is 0 Å². The van der Waals surface area contributed by atoms with E-state index in [1.54, 1.807) is 22.7 Å². The number of thiophene rings is 1. The Labute approximate surface area is 114 Å². The van der Waals surface area contributed by atoms with Gasteiger partial charge in [-0.25, -0.2) is 4.98 Å². The summed E-state index contributed by atoms with van der Waals surface area (Å²) in [5.74, 6) is 0. The SMILES string of the molecule is CCc1cc(-c2nc3c(C)cccc3s2)c(N)s1. The van der Waals surface area contributed by atoms with Gasteiger partial charge in [-0.3, -0.25) is 0 Å². The van der Waals surface area contributed by atoms with Crippen LogP contribution >= 0.6 is 22.7 Å². The third-order valence-corrected chi connectivity index (χ3v) is 5.17. The zero-order chi connectivity index (χ0) is 12.7. The van der Waals surface area contributed by atoms with Gasteiger partial charge in [0.05, 0.1) is 15.2 Å². The van der Waals surface area contributed by atoms with Gasteiger partial charge in [0.25, 0.3) is 0 Å². The number of para-hydroxylation sites is 1. The molecular weight excluding hydrogens is 260 g/mol. The second-order valence-corrected chi connectivity index (χ2v) is 6.48. The van der Waals surface area contributed by atoms with Crippen LogP contribution in [0.15, 0.2) is 24.3 Å². The summed E-state index contributed by atoms with van der Waals surface area (Å²) in [6.45, 7) is 4.25. The predicted molar refractivity (Wildman–Crippen MR) is 81.5 cm³/mol. The first-order valence-corrected chi connectivity index (χ1v) is 7.57. The molecule has 0 saturated carbocycles. The van der Waals surface area contributed by atoms with Gasteiger partial charge in [-0.2, -0.15) is 0 Å². The fraction of sp³-hybridized carbons (Fsp3) is 0.214. The molecule has 2 aromatic heterocycles. The van der Waals surface area contributed by atoms with Crippen LogP contribution in [0.25, 0.3) is 20.8 Å². The van der Waals surface area contributed by atoms with E-state index in [4.69, 9.17) is 10.7 Å². The molecule has 0 aliphatic carbocycles. The zero-order valence-corrected chi connectivity index (χ0v) is 12.0. The lowest BCUT2D eigenvalue weighted by atomic mass is 10.2. The highest BCUT2D eigenvalue weighted by molar-refractivity contribution is 7.22. The summed E-state index contributed by atoms with van der Waals surface area (Å²) in [5, 5.41) is 1.91. The van der Waals surface area contributed by atoms with Crippen LogP contribution in [0.5, 0.6) is 0 Å². The Kier molecular flexibility index (Phi) is 2.84. The lowest BCUT2D eigenvalue weighted by Gasteiger charge is -1.92. The second kappa shape index (κ2) is 4.37. The quantitative estimate of drug-likeness (QED) is 0.748. The van der Waals surface area contributed by atoms with Crippen molar-refractivity contribution >= 4 is 37.9 Å². The van der Waals surface area contributed by atoms with Gasteiger partial charge in [0.15, 0.2) is 0 Å². The van der Waals surface area contributed by atoms with Crippen molar-refractivity contribution in [1.82, 2.24) is 4.98 Å². The molecule has 3 rings (SSSR count). The van der Waals surface area contributed by atoms with E-state index in [9.17, 15) is 0 Å². The third kappa shape index (κ3) is 1.82. The van der Waals surface area contributed by atoms with Crippen LogP contribution in [0.3, 0.4) is 0 Å². The molecule has 0 unspecified atom stereocenters. The van der Waals surface area contributed by atoms with Gasteiger partial charge in [-0.1, -0.05) is 19.1 Å². The summed E-state index contributed by atoms with van der Waals surface area (Å²) in [7, 11) is 0. The molecule has 0 saturated heterocycles. The molecule has 4 heteroatoms. The molecule has 0 fully saturated rings. The smallest absolute Gasteiger partial charge is 0.127 e. The maximum Gasteiger partial charge on any atom is 0.127 e. The fourth-order valence-corrected chi connectivity index (χ4v) is 4.01. The molecule has 2 heterocycles. The van der Waals surface area contributed by atoms with Gasteiger partial charge in [0.2, 0.25) is 0 Å². The number of fused-ring (bicyclic) bond motifs is 1. The highest BCUT2D eigenvalue weighted by Crippen LogP contribution is 2.38. The van der Waals surface area contributed by atoms with E-state index in [1.165, 1.54) is 15.1 Å². The van der Waals surface area contributed by atoms with Crippen molar-refractivity contribution in [1.29, 1.82) is 0 Å². The number of nitrogens with zero attached hydrogens (tertiary/aromatic N) is 1. The number of anilines is 1. The summed E-state index contributed by atoms with van der Waals surface area (Å²) >= 11 is 3.39. The number of rotatable bonds is 2. The molecule has 92 valence electrons. The summed E-state index contributed by atoms with van der Waals surface area (Å²) in [6, 6.07) is 8.47. The highest BCUT2D eigenvalue weighted by Gasteiger charge is 2.13. The van der Waals surface area contributed by atoms with Gasteiger partial charge < -0.3 is 5.73 Å². The summed E-state index contributed by atoms with van der Waals surface area (Å²) in [5.41, 5.74) is 9.51. The Hall–Kier alpha value is -1.39. The molecule has 18 heavy (non-hydrogen) atoms. The van der Waals surface area contributed by atoms with Crippen molar-refractivity contribution in [3.63, 3.8) is 0 Å². The maximum atomic E-state index is 6.09. The maximum absolute atomic E-state index is 6.09. The minimum atomic E-state index is 0.878. The predicted octanol–water partition coefficient (Wildman–Crippen LogP) is 4.48. The van der Waals surface area contributed by atoms with Crippen molar-refractivity contribution in [3.05, 3.63) is 34.7 Å². The van der Waals surface area contributed by atoms with Crippen molar-refractivity contribution < 1.29 is 0 Å².